The zero-order chi connectivity index (χ0) is 13.0. The van der Waals surface area contributed by atoms with Gasteiger partial charge in [-0.05, 0) is 19.4 Å². The van der Waals surface area contributed by atoms with E-state index in [0.29, 0.717) is 6.04 Å². The third-order valence-corrected chi connectivity index (χ3v) is 4.45. The quantitative estimate of drug-likeness (QED) is 0.845. The molecule has 1 N–H and O–H groups in total. The van der Waals surface area contributed by atoms with Crippen molar-refractivity contribution in [2.24, 2.45) is 13.0 Å². The van der Waals surface area contributed by atoms with Crippen LogP contribution in [0.15, 0.2) is 6.20 Å². The number of nitrogens with zero attached hydrogens (tertiary/aromatic N) is 2. The van der Waals surface area contributed by atoms with Crippen molar-refractivity contribution in [1.82, 2.24) is 15.1 Å². The van der Waals surface area contributed by atoms with Gasteiger partial charge in [-0.1, -0.05) is 50.1 Å². The van der Waals surface area contributed by atoms with E-state index in [-0.39, 0.29) is 0 Å². The van der Waals surface area contributed by atoms with Gasteiger partial charge in [-0.15, -0.1) is 0 Å². The van der Waals surface area contributed by atoms with Crippen LogP contribution < -0.4 is 5.32 Å². The van der Waals surface area contributed by atoms with Crippen molar-refractivity contribution in [1.29, 1.82) is 0 Å². The molecule has 0 bridgehead atoms. The highest BCUT2D eigenvalue weighted by molar-refractivity contribution is 6.31. The lowest BCUT2D eigenvalue weighted by atomic mass is 9.91. The molecule has 1 aliphatic rings. The van der Waals surface area contributed by atoms with Crippen LogP contribution in [-0.4, -0.2) is 16.8 Å². The molecular formula is C14H24ClN3. The Kier molecular flexibility index (Phi) is 5.07. The van der Waals surface area contributed by atoms with Crippen LogP contribution in [0.4, 0.5) is 0 Å². The van der Waals surface area contributed by atoms with E-state index in [1.54, 1.807) is 6.20 Å². The fourth-order valence-corrected chi connectivity index (χ4v) is 3.41. The number of hydrogen-bond acceptors (Lipinski definition) is 2. The summed E-state index contributed by atoms with van der Waals surface area (Å²) in [6.07, 6.45) is 11.3. The van der Waals surface area contributed by atoms with Crippen molar-refractivity contribution < 1.29 is 0 Å². The molecule has 4 heteroatoms. The number of rotatable bonds is 4. The predicted octanol–water partition coefficient (Wildman–Crippen LogP) is 3.69. The van der Waals surface area contributed by atoms with Crippen LogP contribution in [0.1, 0.15) is 56.7 Å². The minimum Gasteiger partial charge on any atom is -0.312 e. The Hall–Kier alpha value is -0.540. The van der Waals surface area contributed by atoms with Gasteiger partial charge in [-0.3, -0.25) is 4.68 Å². The summed E-state index contributed by atoms with van der Waals surface area (Å²) in [6, 6.07) is 0.327. The van der Waals surface area contributed by atoms with Gasteiger partial charge in [0.1, 0.15) is 0 Å². The second kappa shape index (κ2) is 6.58. The molecule has 0 radical (unpaired) electrons. The van der Waals surface area contributed by atoms with Crippen molar-refractivity contribution in [3.8, 4) is 0 Å². The summed E-state index contributed by atoms with van der Waals surface area (Å²) in [7, 11) is 3.99. The van der Waals surface area contributed by atoms with Crippen LogP contribution in [0.3, 0.4) is 0 Å². The largest absolute Gasteiger partial charge is 0.312 e. The first kappa shape index (κ1) is 13.9. The molecule has 0 aliphatic heterocycles. The van der Waals surface area contributed by atoms with Gasteiger partial charge in [0.15, 0.2) is 0 Å². The minimum atomic E-state index is 0.327. The van der Waals surface area contributed by atoms with Crippen molar-refractivity contribution in [3.05, 3.63) is 16.9 Å². The lowest BCUT2D eigenvalue weighted by Crippen LogP contribution is -2.22. The van der Waals surface area contributed by atoms with Crippen molar-refractivity contribution >= 4 is 11.6 Å². The van der Waals surface area contributed by atoms with Crippen LogP contribution in [0.5, 0.6) is 0 Å². The molecule has 1 atom stereocenters. The molecule has 0 amide bonds. The Morgan fingerprint density at radius 1 is 1.39 bits per heavy atom. The molecule has 0 aromatic carbocycles. The van der Waals surface area contributed by atoms with Gasteiger partial charge < -0.3 is 5.32 Å². The van der Waals surface area contributed by atoms with Gasteiger partial charge in [0.2, 0.25) is 0 Å². The second-order valence-corrected chi connectivity index (χ2v) is 5.84. The van der Waals surface area contributed by atoms with E-state index in [1.807, 2.05) is 18.8 Å². The summed E-state index contributed by atoms with van der Waals surface area (Å²) in [5.74, 6) is 0.830. The maximum Gasteiger partial charge on any atom is 0.0833 e. The fraction of sp³-hybridized carbons (Fsp3) is 0.786. The van der Waals surface area contributed by atoms with E-state index in [9.17, 15) is 0 Å². The molecule has 1 aliphatic carbocycles. The van der Waals surface area contributed by atoms with Crippen molar-refractivity contribution in [3.63, 3.8) is 0 Å². The molecule has 3 nitrogen and oxygen atoms in total. The van der Waals surface area contributed by atoms with E-state index in [2.05, 4.69) is 10.4 Å². The average molecular weight is 270 g/mol. The first-order chi connectivity index (χ1) is 8.72. The number of aromatic nitrogens is 2. The monoisotopic (exact) mass is 269 g/mol. The smallest absolute Gasteiger partial charge is 0.0833 e. The summed E-state index contributed by atoms with van der Waals surface area (Å²) < 4.78 is 1.90. The first-order valence-electron chi connectivity index (χ1n) is 7.07. The summed E-state index contributed by atoms with van der Waals surface area (Å²) in [5, 5.41) is 8.43. The maximum atomic E-state index is 6.25. The minimum absolute atomic E-state index is 0.327. The Labute approximate surface area is 115 Å². The highest BCUT2D eigenvalue weighted by Gasteiger charge is 2.22. The zero-order valence-electron chi connectivity index (χ0n) is 11.5. The van der Waals surface area contributed by atoms with Crippen LogP contribution in [0, 0.1) is 5.92 Å². The molecule has 1 aromatic heterocycles. The maximum absolute atomic E-state index is 6.25. The van der Waals surface area contributed by atoms with E-state index < -0.39 is 0 Å². The topological polar surface area (TPSA) is 29.9 Å². The molecule has 102 valence electrons. The third-order valence-electron chi connectivity index (χ3n) is 4.16. The van der Waals surface area contributed by atoms with E-state index in [4.69, 9.17) is 11.6 Å². The Balaban J connectivity index is 2.04. The van der Waals surface area contributed by atoms with Crippen LogP contribution >= 0.6 is 11.6 Å². The Morgan fingerprint density at radius 3 is 2.56 bits per heavy atom. The number of aryl methyl sites for hydroxylation is 1. The van der Waals surface area contributed by atoms with E-state index in [1.165, 1.54) is 44.9 Å². The molecule has 18 heavy (non-hydrogen) atoms. The molecule has 1 saturated carbocycles. The van der Waals surface area contributed by atoms with Gasteiger partial charge >= 0.3 is 0 Å². The Bertz CT molecular complexity index is 348. The summed E-state index contributed by atoms with van der Waals surface area (Å²) in [5.41, 5.74) is 1.13. The van der Waals surface area contributed by atoms with Crippen LogP contribution in [0.25, 0.3) is 0 Å². The SMILES string of the molecule is CNC(CC1CCCCCC1)c1c(Cl)cnn1C. The van der Waals surface area contributed by atoms with Gasteiger partial charge in [-0.2, -0.15) is 5.10 Å². The van der Waals surface area contributed by atoms with Crippen molar-refractivity contribution in [2.45, 2.75) is 51.0 Å². The lowest BCUT2D eigenvalue weighted by Gasteiger charge is -2.23. The number of halogens is 1. The van der Waals surface area contributed by atoms with Gasteiger partial charge in [-0.25, -0.2) is 0 Å². The summed E-state index contributed by atoms with van der Waals surface area (Å²) in [6.45, 7) is 0. The molecule has 1 heterocycles. The molecule has 0 saturated heterocycles. The molecular weight excluding hydrogens is 246 g/mol. The number of hydrogen-bond donors (Lipinski definition) is 1. The molecule has 1 fully saturated rings. The predicted molar refractivity (Wildman–Crippen MR) is 75.8 cm³/mol. The second-order valence-electron chi connectivity index (χ2n) is 5.44. The fourth-order valence-electron chi connectivity index (χ4n) is 3.11. The van der Waals surface area contributed by atoms with Gasteiger partial charge in [0.25, 0.3) is 0 Å². The third kappa shape index (κ3) is 3.27. The van der Waals surface area contributed by atoms with Crippen molar-refractivity contribution in [2.75, 3.05) is 7.05 Å². The molecule has 1 unspecified atom stereocenters. The standard InChI is InChI=1S/C14H24ClN3/c1-16-13(14-12(15)10-17-18(14)2)9-11-7-5-3-4-6-8-11/h10-11,13,16H,3-9H2,1-2H3. The summed E-state index contributed by atoms with van der Waals surface area (Å²) >= 11 is 6.25. The molecule has 1 aromatic rings. The highest BCUT2D eigenvalue weighted by atomic mass is 35.5. The van der Waals surface area contributed by atoms with Gasteiger partial charge in [0, 0.05) is 7.05 Å². The molecule has 2 rings (SSSR count). The molecule has 0 spiro atoms. The van der Waals surface area contributed by atoms with E-state index >= 15 is 0 Å². The van der Waals surface area contributed by atoms with Gasteiger partial charge in [0.05, 0.1) is 23.0 Å². The first-order valence-corrected chi connectivity index (χ1v) is 7.44. The van der Waals surface area contributed by atoms with Crippen LogP contribution in [0.2, 0.25) is 5.02 Å². The van der Waals surface area contributed by atoms with E-state index in [0.717, 1.165) is 16.6 Å². The average Bonchev–Trinajstić information content (AvgIpc) is 2.60. The highest BCUT2D eigenvalue weighted by Crippen LogP contribution is 2.33. The van der Waals surface area contributed by atoms with Crippen LogP contribution in [-0.2, 0) is 7.05 Å². The lowest BCUT2D eigenvalue weighted by molar-refractivity contribution is 0.358. The Morgan fingerprint density at radius 2 is 2.06 bits per heavy atom. The summed E-state index contributed by atoms with van der Waals surface area (Å²) in [4.78, 5) is 0. The normalized spacial score (nSPS) is 19.7. The number of nitrogens with one attached hydrogen (secondary N) is 1. The zero-order valence-corrected chi connectivity index (χ0v) is 12.2.